The summed E-state index contributed by atoms with van der Waals surface area (Å²) >= 11 is 3.28. The van der Waals surface area contributed by atoms with Gasteiger partial charge in [-0.1, -0.05) is 40.2 Å². The summed E-state index contributed by atoms with van der Waals surface area (Å²) in [6, 6.07) is 14.8. The topological polar surface area (TPSA) is 59.2 Å². The standard InChI is InChI=1S/C26H21BrFN3O2/c1-14-18-5-3-2-4-15(18)10-11-31(14)26(32)22-13-20(16-6-7-16)23-25(29-22)33-24(30-23)19-9-8-17(27)12-21(19)28/h2-5,8-9,12-14,16H,6-7,10-11H2,1H3. The largest absolute Gasteiger partial charge is 0.418 e. The fourth-order valence-electron chi connectivity index (χ4n) is 4.72. The number of halogens is 2. The number of amides is 1. The Balaban J connectivity index is 1.41. The highest BCUT2D eigenvalue weighted by Gasteiger charge is 2.33. The molecule has 33 heavy (non-hydrogen) atoms. The highest BCUT2D eigenvalue weighted by atomic mass is 79.9. The van der Waals surface area contributed by atoms with Crippen LogP contribution in [0, 0.1) is 5.82 Å². The lowest BCUT2D eigenvalue weighted by molar-refractivity contribution is 0.0671. The van der Waals surface area contributed by atoms with Crippen molar-refractivity contribution in [3.63, 3.8) is 0 Å². The number of pyridine rings is 1. The van der Waals surface area contributed by atoms with Crippen LogP contribution in [0.3, 0.4) is 0 Å². The first-order chi connectivity index (χ1) is 16.0. The van der Waals surface area contributed by atoms with Gasteiger partial charge in [0.25, 0.3) is 5.91 Å². The van der Waals surface area contributed by atoms with Crippen LogP contribution in [0.15, 0.2) is 57.4 Å². The van der Waals surface area contributed by atoms with Gasteiger partial charge in [-0.15, -0.1) is 0 Å². The maximum Gasteiger partial charge on any atom is 0.273 e. The van der Waals surface area contributed by atoms with Crippen LogP contribution < -0.4 is 0 Å². The highest BCUT2D eigenvalue weighted by Crippen LogP contribution is 2.44. The van der Waals surface area contributed by atoms with Gasteiger partial charge in [-0.05, 0) is 73.1 Å². The van der Waals surface area contributed by atoms with Gasteiger partial charge >= 0.3 is 0 Å². The molecule has 1 aliphatic heterocycles. The number of carbonyl (C=O) groups is 1. The molecule has 1 unspecified atom stereocenters. The van der Waals surface area contributed by atoms with E-state index in [0.29, 0.717) is 28.1 Å². The third-order valence-electron chi connectivity index (χ3n) is 6.65. The van der Waals surface area contributed by atoms with Crippen LogP contribution in [0.4, 0.5) is 4.39 Å². The van der Waals surface area contributed by atoms with Crippen molar-refractivity contribution in [1.29, 1.82) is 0 Å². The number of oxazole rings is 1. The van der Waals surface area contributed by atoms with E-state index >= 15 is 0 Å². The van der Waals surface area contributed by atoms with Crippen LogP contribution in [0.5, 0.6) is 0 Å². The Morgan fingerprint density at radius 3 is 2.73 bits per heavy atom. The average molecular weight is 506 g/mol. The highest BCUT2D eigenvalue weighted by molar-refractivity contribution is 9.10. The van der Waals surface area contributed by atoms with Crippen LogP contribution in [0.2, 0.25) is 0 Å². The van der Waals surface area contributed by atoms with E-state index in [1.807, 2.05) is 23.1 Å². The Kier molecular flexibility index (Phi) is 4.83. The molecule has 0 radical (unpaired) electrons. The van der Waals surface area contributed by atoms with E-state index in [1.165, 1.54) is 17.2 Å². The van der Waals surface area contributed by atoms with Gasteiger partial charge in [0.05, 0.1) is 11.6 Å². The SMILES string of the molecule is CC1c2ccccc2CCN1C(=O)c1cc(C2CC2)c2nc(-c3ccc(Br)cc3F)oc2n1. The van der Waals surface area contributed by atoms with Gasteiger partial charge in [0.2, 0.25) is 11.6 Å². The van der Waals surface area contributed by atoms with Crippen molar-refractivity contribution < 1.29 is 13.6 Å². The Hall–Kier alpha value is -3.06. The summed E-state index contributed by atoms with van der Waals surface area (Å²) in [6.07, 6.45) is 2.89. The summed E-state index contributed by atoms with van der Waals surface area (Å²) < 4.78 is 21.1. The number of carbonyl (C=O) groups excluding carboxylic acids is 1. The van der Waals surface area contributed by atoms with E-state index in [0.717, 1.165) is 24.8 Å². The molecule has 2 aliphatic rings. The molecule has 1 saturated carbocycles. The van der Waals surface area contributed by atoms with E-state index in [2.05, 4.69) is 45.0 Å². The quantitative estimate of drug-likeness (QED) is 0.322. The van der Waals surface area contributed by atoms with Gasteiger partial charge in [-0.2, -0.15) is 0 Å². The van der Waals surface area contributed by atoms with Gasteiger partial charge in [0.15, 0.2) is 0 Å². The minimum atomic E-state index is -0.430. The summed E-state index contributed by atoms with van der Waals surface area (Å²) in [7, 11) is 0. The zero-order valence-corrected chi connectivity index (χ0v) is 19.6. The predicted octanol–water partition coefficient (Wildman–Crippen LogP) is 6.43. The summed E-state index contributed by atoms with van der Waals surface area (Å²) in [5.74, 6) is -0.0434. The predicted molar refractivity (Wildman–Crippen MR) is 126 cm³/mol. The van der Waals surface area contributed by atoms with Crippen molar-refractivity contribution in [2.75, 3.05) is 6.54 Å². The summed E-state index contributed by atoms with van der Waals surface area (Å²) in [4.78, 5) is 24.6. The summed E-state index contributed by atoms with van der Waals surface area (Å²) in [6.45, 7) is 2.69. The van der Waals surface area contributed by atoms with Crippen LogP contribution in [-0.2, 0) is 6.42 Å². The van der Waals surface area contributed by atoms with Gasteiger partial charge in [0, 0.05) is 11.0 Å². The van der Waals surface area contributed by atoms with Gasteiger partial charge < -0.3 is 9.32 Å². The number of rotatable bonds is 3. The van der Waals surface area contributed by atoms with Crippen molar-refractivity contribution >= 4 is 33.1 Å². The molecule has 2 aromatic heterocycles. The maximum absolute atomic E-state index is 14.5. The second-order valence-corrected chi connectivity index (χ2v) is 9.71. The van der Waals surface area contributed by atoms with E-state index in [1.54, 1.807) is 12.1 Å². The van der Waals surface area contributed by atoms with Crippen molar-refractivity contribution in [1.82, 2.24) is 14.9 Å². The number of benzene rings is 2. The molecule has 0 N–H and O–H groups in total. The molecule has 6 rings (SSSR count). The Morgan fingerprint density at radius 1 is 1.12 bits per heavy atom. The Morgan fingerprint density at radius 2 is 1.94 bits per heavy atom. The van der Waals surface area contributed by atoms with Crippen LogP contribution in [0.25, 0.3) is 22.7 Å². The molecule has 0 saturated heterocycles. The zero-order chi connectivity index (χ0) is 22.7. The molecule has 1 aliphatic carbocycles. The molecule has 0 bridgehead atoms. The number of hydrogen-bond acceptors (Lipinski definition) is 4. The molecule has 1 amide bonds. The number of fused-ring (bicyclic) bond motifs is 2. The molecular formula is C26H21BrFN3O2. The lowest BCUT2D eigenvalue weighted by Gasteiger charge is -2.35. The van der Waals surface area contributed by atoms with Crippen molar-refractivity contribution in [3.8, 4) is 11.5 Å². The number of hydrogen-bond donors (Lipinski definition) is 0. The fraction of sp³-hybridized carbons (Fsp3) is 0.269. The molecule has 5 nitrogen and oxygen atoms in total. The van der Waals surface area contributed by atoms with Crippen molar-refractivity contribution in [2.45, 2.75) is 38.1 Å². The molecule has 4 aromatic rings. The Labute approximate surface area is 198 Å². The zero-order valence-electron chi connectivity index (χ0n) is 18.0. The smallest absolute Gasteiger partial charge is 0.273 e. The molecule has 2 aromatic carbocycles. The first-order valence-corrected chi connectivity index (χ1v) is 11.9. The summed E-state index contributed by atoms with van der Waals surface area (Å²) in [5.41, 5.74) is 4.94. The minimum Gasteiger partial charge on any atom is -0.418 e. The van der Waals surface area contributed by atoms with Crippen molar-refractivity contribution in [3.05, 3.63) is 81.2 Å². The number of nitrogens with zero attached hydrogens (tertiary/aromatic N) is 3. The first-order valence-electron chi connectivity index (χ1n) is 11.2. The fourth-order valence-corrected chi connectivity index (χ4v) is 5.06. The van der Waals surface area contributed by atoms with E-state index in [-0.39, 0.29) is 29.1 Å². The van der Waals surface area contributed by atoms with E-state index in [9.17, 15) is 9.18 Å². The molecular weight excluding hydrogens is 485 g/mol. The average Bonchev–Trinajstić information content (AvgIpc) is 3.57. The third-order valence-corrected chi connectivity index (χ3v) is 7.14. The lowest BCUT2D eigenvalue weighted by Crippen LogP contribution is -2.39. The molecule has 166 valence electrons. The Bertz CT molecular complexity index is 1410. The lowest BCUT2D eigenvalue weighted by atomic mass is 9.93. The first kappa shape index (κ1) is 20.5. The van der Waals surface area contributed by atoms with Gasteiger partial charge in [-0.25, -0.2) is 14.4 Å². The molecule has 1 fully saturated rings. The normalized spacial score (nSPS) is 17.9. The molecule has 1 atom stereocenters. The van der Waals surface area contributed by atoms with Gasteiger partial charge in [-0.3, -0.25) is 4.79 Å². The number of aromatic nitrogens is 2. The molecule has 7 heteroatoms. The van der Waals surface area contributed by atoms with Crippen molar-refractivity contribution in [2.24, 2.45) is 0 Å². The van der Waals surface area contributed by atoms with Gasteiger partial charge in [0.1, 0.15) is 17.0 Å². The minimum absolute atomic E-state index is 0.0357. The summed E-state index contributed by atoms with van der Waals surface area (Å²) in [5, 5.41) is 0. The van der Waals surface area contributed by atoms with E-state index in [4.69, 9.17) is 4.42 Å². The monoisotopic (exact) mass is 505 g/mol. The second kappa shape index (κ2) is 7.76. The van der Waals surface area contributed by atoms with Crippen LogP contribution in [0.1, 0.15) is 58.9 Å². The van der Waals surface area contributed by atoms with E-state index < -0.39 is 5.82 Å². The second-order valence-electron chi connectivity index (χ2n) is 8.79. The third kappa shape index (κ3) is 3.55. The maximum atomic E-state index is 14.5. The molecule has 0 spiro atoms. The van der Waals surface area contributed by atoms with Crippen LogP contribution >= 0.6 is 15.9 Å². The molecule has 3 heterocycles. The van der Waals surface area contributed by atoms with Crippen LogP contribution in [-0.4, -0.2) is 27.3 Å².